The molecule has 0 bridgehead atoms. The van der Waals surface area contributed by atoms with Gasteiger partial charge in [-0.15, -0.1) is 0 Å². The van der Waals surface area contributed by atoms with Gasteiger partial charge in [0, 0.05) is 43.7 Å². The number of aromatic amines is 1. The molecule has 0 aliphatic carbocycles. The van der Waals surface area contributed by atoms with Crippen molar-refractivity contribution in [1.82, 2.24) is 35.9 Å². The van der Waals surface area contributed by atoms with Gasteiger partial charge in [0.25, 0.3) is 11.5 Å². The molecule has 0 spiro atoms. The number of carbonyl (C=O) groups excluding carboxylic acids is 3. The topological polar surface area (TPSA) is 279 Å². The number of aliphatic carboxylic acids is 1. The van der Waals surface area contributed by atoms with Gasteiger partial charge >= 0.3 is 5.97 Å². The minimum atomic E-state index is -1.29. The van der Waals surface area contributed by atoms with Crippen LogP contribution >= 0.6 is 0 Å². The van der Waals surface area contributed by atoms with E-state index in [1.807, 2.05) is 13.8 Å². The zero-order valence-corrected chi connectivity index (χ0v) is 26.8. The van der Waals surface area contributed by atoms with Gasteiger partial charge < -0.3 is 47.3 Å². The highest BCUT2D eigenvalue weighted by molar-refractivity contribution is 5.97. The molecular formula is C30H42N10O8. The van der Waals surface area contributed by atoms with Crippen molar-refractivity contribution in [3.8, 4) is 0 Å². The smallest absolute Gasteiger partial charge is 0.326 e. The standard InChI is InChI=1S/C30H42N10O8/c1-30(2,17-47-13-9-23(42)33-11-10-31)48-14-12-34-22(41)8-7-21(28(45)46)38-26(43)18-3-5-19(6-4-18)35-15-20-16-36-25-24(37-20)27(44)40-29(32)39-25/h3-6,16,21,35H,7-15,17,31H2,1-2H3,(H,33,42)(H,34,41)(H,38,43)(H,45,46)(H3,32,36,39,40,44)/t21-/m0/s1. The number of hydrogen-bond donors (Lipinski definition) is 8. The van der Waals surface area contributed by atoms with E-state index in [4.69, 9.17) is 20.9 Å². The third kappa shape index (κ3) is 12.5. The van der Waals surface area contributed by atoms with Crippen molar-refractivity contribution in [1.29, 1.82) is 0 Å². The highest BCUT2D eigenvalue weighted by Gasteiger charge is 2.22. The van der Waals surface area contributed by atoms with Crippen molar-refractivity contribution in [3.05, 3.63) is 52.1 Å². The summed E-state index contributed by atoms with van der Waals surface area (Å²) in [6.07, 6.45) is 1.41. The maximum atomic E-state index is 12.7. The first-order valence-corrected chi connectivity index (χ1v) is 15.2. The van der Waals surface area contributed by atoms with Crippen LogP contribution in [-0.4, -0.2) is 99.8 Å². The van der Waals surface area contributed by atoms with Gasteiger partial charge in [0.15, 0.2) is 11.2 Å². The molecule has 3 amide bonds. The van der Waals surface area contributed by atoms with E-state index in [2.05, 4.69) is 41.2 Å². The molecule has 1 aromatic carbocycles. The number of carboxylic acids is 1. The van der Waals surface area contributed by atoms with Crippen LogP contribution < -0.4 is 38.3 Å². The number of amides is 3. The zero-order valence-electron chi connectivity index (χ0n) is 26.8. The Bertz CT molecular complexity index is 1610. The van der Waals surface area contributed by atoms with Crippen molar-refractivity contribution in [3.63, 3.8) is 0 Å². The largest absolute Gasteiger partial charge is 0.480 e. The molecule has 18 heteroatoms. The summed E-state index contributed by atoms with van der Waals surface area (Å²) in [7, 11) is 0. The Morgan fingerprint density at radius 3 is 2.44 bits per heavy atom. The second kappa shape index (κ2) is 18.2. The number of rotatable bonds is 20. The lowest BCUT2D eigenvalue weighted by molar-refractivity contribution is -0.139. The van der Waals surface area contributed by atoms with E-state index in [0.29, 0.717) is 24.5 Å². The molecule has 18 nitrogen and oxygen atoms in total. The van der Waals surface area contributed by atoms with Crippen LogP contribution in [0.15, 0.2) is 35.3 Å². The highest BCUT2D eigenvalue weighted by atomic mass is 16.5. The summed E-state index contributed by atoms with van der Waals surface area (Å²) < 4.78 is 11.3. The highest BCUT2D eigenvalue weighted by Crippen LogP contribution is 2.13. The van der Waals surface area contributed by atoms with Crippen LogP contribution in [-0.2, 0) is 30.4 Å². The fourth-order valence-electron chi connectivity index (χ4n) is 4.19. The number of nitrogen functional groups attached to an aromatic ring is 1. The molecule has 0 radical (unpaired) electrons. The summed E-state index contributed by atoms with van der Waals surface area (Å²) in [5.41, 5.74) is 11.2. The van der Waals surface area contributed by atoms with Crippen molar-refractivity contribution in [2.75, 3.05) is 50.5 Å². The number of ether oxygens (including phenoxy) is 2. The summed E-state index contributed by atoms with van der Waals surface area (Å²) in [5.74, 6) is -2.49. The minimum absolute atomic E-state index is 0.0518. The van der Waals surface area contributed by atoms with Crippen LogP contribution in [0.3, 0.4) is 0 Å². The molecule has 3 aromatic rings. The van der Waals surface area contributed by atoms with Gasteiger partial charge in [-0.25, -0.2) is 14.8 Å². The van der Waals surface area contributed by atoms with E-state index in [9.17, 15) is 29.1 Å². The first kappa shape index (κ1) is 37.3. The second-order valence-corrected chi connectivity index (χ2v) is 11.2. The number of anilines is 2. The average molecular weight is 671 g/mol. The Morgan fingerprint density at radius 1 is 1.02 bits per heavy atom. The number of carbonyl (C=O) groups is 4. The Morgan fingerprint density at radius 2 is 1.73 bits per heavy atom. The molecule has 2 aromatic heterocycles. The summed E-state index contributed by atoms with van der Waals surface area (Å²) >= 11 is 0. The number of carboxylic acid groups (broad SMARTS) is 1. The molecule has 48 heavy (non-hydrogen) atoms. The molecule has 0 saturated carbocycles. The molecule has 0 fully saturated rings. The van der Waals surface area contributed by atoms with Gasteiger partial charge in [-0.2, -0.15) is 4.98 Å². The average Bonchev–Trinajstić information content (AvgIpc) is 3.05. The summed E-state index contributed by atoms with van der Waals surface area (Å²) in [4.78, 5) is 75.1. The van der Waals surface area contributed by atoms with Crippen LogP contribution in [0.1, 0.15) is 49.2 Å². The number of benzene rings is 1. The lowest BCUT2D eigenvalue weighted by Gasteiger charge is -2.25. The zero-order chi connectivity index (χ0) is 35.1. The van der Waals surface area contributed by atoms with Gasteiger partial charge in [-0.05, 0) is 44.5 Å². The Labute approximate surface area is 275 Å². The maximum Gasteiger partial charge on any atom is 0.326 e. The Balaban J connectivity index is 1.37. The molecule has 0 unspecified atom stereocenters. The predicted octanol–water partition coefficient (Wildman–Crippen LogP) is -0.736. The fourth-order valence-corrected chi connectivity index (χ4v) is 4.19. The predicted molar refractivity (Wildman–Crippen MR) is 175 cm³/mol. The fraction of sp³-hybridized carbons (Fsp3) is 0.467. The lowest BCUT2D eigenvalue weighted by Crippen LogP contribution is -2.42. The first-order chi connectivity index (χ1) is 22.9. The SMILES string of the molecule is CC(C)(COCCC(=O)NCCN)OCCNC(=O)CC[C@H](NC(=O)c1ccc(NCc2cnc3nc(N)[nH]c(=O)c3n2)cc1)C(=O)O. The van der Waals surface area contributed by atoms with Gasteiger partial charge in [-0.1, -0.05) is 0 Å². The summed E-state index contributed by atoms with van der Waals surface area (Å²) in [6.45, 7) is 5.46. The maximum absolute atomic E-state index is 12.7. The van der Waals surface area contributed by atoms with Crippen molar-refractivity contribution in [2.45, 2.75) is 51.3 Å². The molecular weight excluding hydrogens is 628 g/mol. The third-order valence-electron chi connectivity index (χ3n) is 6.68. The van der Waals surface area contributed by atoms with Crippen LogP contribution in [0.2, 0.25) is 0 Å². The molecule has 3 rings (SSSR count). The third-order valence-corrected chi connectivity index (χ3v) is 6.68. The van der Waals surface area contributed by atoms with E-state index < -0.39 is 35.0 Å². The van der Waals surface area contributed by atoms with E-state index in [0.717, 1.165) is 0 Å². The molecule has 0 saturated heterocycles. The number of H-pyrrole nitrogens is 1. The monoisotopic (exact) mass is 670 g/mol. The number of fused-ring (bicyclic) bond motifs is 1. The molecule has 0 aliphatic rings. The first-order valence-electron chi connectivity index (χ1n) is 15.2. The van der Waals surface area contributed by atoms with E-state index in [1.54, 1.807) is 12.1 Å². The minimum Gasteiger partial charge on any atom is -0.480 e. The van der Waals surface area contributed by atoms with E-state index in [-0.39, 0.29) is 80.8 Å². The number of nitrogens with one attached hydrogen (secondary N) is 5. The van der Waals surface area contributed by atoms with Crippen LogP contribution in [0.25, 0.3) is 11.2 Å². The van der Waals surface area contributed by atoms with Crippen molar-refractivity contribution >= 4 is 46.5 Å². The van der Waals surface area contributed by atoms with Gasteiger partial charge in [-0.3, -0.25) is 24.2 Å². The molecule has 1 atom stereocenters. The Hall–Kier alpha value is -5.20. The Kier molecular flexibility index (Phi) is 14.1. The number of nitrogens with zero attached hydrogens (tertiary/aromatic N) is 3. The van der Waals surface area contributed by atoms with Gasteiger partial charge in [0.2, 0.25) is 17.8 Å². The number of aromatic nitrogens is 4. The van der Waals surface area contributed by atoms with Crippen molar-refractivity contribution in [2.24, 2.45) is 5.73 Å². The molecule has 2 heterocycles. The lowest BCUT2D eigenvalue weighted by atomic mass is 10.1. The van der Waals surface area contributed by atoms with E-state index in [1.165, 1.54) is 18.3 Å². The molecule has 10 N–H and O–H groups in total. The normalized spacial score (nSPS) is 11.9. The molecule has 260 valence electrons. The van der Waals surface area contributed by atoms with Gasteiger partial charge in [0.1, 0.15) is 6.04 Å². The number of hydrogen-bond acceptors (Lipinski definition) is 13. The quantitative estimate of drug-likeness (QED) is 0.0688. The van der Waals surface area contributed by atoms with E-state index >= 15 is 0 Å². The number of nitrogens with two attached hydrogens (primary N) is 2. The van der Waals surface area contributed by atoms with Gasteiger partial charge in [0.05, 0.1) is 43.9 Å². The summed E-state index contributed by atoms with van der Waals surface area (Å²) in [6, 6.07) is 4.99. The van der Waals surface area contributed by atoms with Crippen molar-refractivity contribution < 1.29 is 33.8 Å². The molecule has 0 aliphatic heterocycles. The van der Waals surface area contributed by atoms with Crippen LogP contribution in [0.5, 0.6) is 0 Å². The second-order valence-electron chi connectivity index (χ2n) is 11.2. The summed E-state index contributed by atoms with van der Waals surface area (Å²) in [5, 5.41) is 20.5. The van der Waals surface area contributed by atoms with Crippen LogP contribution in [0.4, 0.5) is 11.6 Å². The van der Waals surface area contributed by atoms with Crippen LogP contribution in [0, 0.1) is 0 Å².